The maximum absolute atomic E-state index is 13.1. The number of hydrogen-bond acceptors (Lipinski definition) is 4. The SMILES string of the molecule is Cc1cc(C)c(S(=O)(=O)N2CCC(C(=O)NC3CCNC3)CC2)c(C)c1.Cl. The first kappa shape index (κ1) is 22.1. The molecule has 2 fully saturated rings. The molecule has 3 rings (SSSR count). The molecule has 0 spiro atoms. The zero-order valence-corrected chi connectivity index (χ0v) is 17.9. The number of rotatable bonds is 4. The molecule has 1 unspecified atom stereocenters. The van der Waals surface area contributed by atoms with Gasteiger partial charge in [-0.3, -0.25) is 4.79 Å². The number of hydrogen-bond donors (Lipinski definition) is 2. The van der Waals surface area contributed by atoms with E-state index in [1.54, 1.807) is 4.31 Å². The predicted octanol–water partition coefficient (Wildman–Crippen LogP) is 1.91. The van der Waals surface area contributed by atoms with Gasteiger partial charge >= 0.3 is 0 Å². The van der Waals surface area contributed by atoms with Crippen LogP contribution in [-0.4, -0.2) is 50.9 Å². The minimum Gasteiger partial charge on any atom is -0.352 e. The van der Waals surface area contributed by atoms with E-state index in [4.69, 9.17) is 0 Å². The molecule has 0 aromatic heterocycles. The Kier molecular flexibility index (Phi) is 7.30. The Morgan fingerprint density at radius 2 is 1.70 bits per heavy atom. The molecule has 1 aromatic carbocycles. The molecule has 8 heteroatoms. The minimum atomic E-state index is -3.52. The smallest absolute Gasteiger partial charge is 0.243 e. The molecule has 2 aliphatic heterocycles. The number of amides is 1. The Bertz CT molecular complexity index is 760. The van der Waals surface area contributed by atoms with Gasteiger partial charge in [0.15, 0.2) is 0 Å². The van der Waals surface area contributed by atoms with Crippen LogP contribution in [0.5, 0.6) is 0 Å². The molecule has 2 saturated heterocycles. The van der Waals surface area contributed by atoms with Crippen molar-refractivity contribution in [3.63, 3.8) is 0 Å². The van der Waals surface area contributed by atoms with E-state index in [1.165, 1.54) is 0 Å². The quantitative estimate of drug-likeness (QED) is 0.787. The highest BCUT2D eigenvalue weighted by Crippen LogP contribution is 2.28. The molecule has 27 heavy (non-hydrogen) atoms. The molecule has 1 aromatic rings. The molecule has 0 aliphatic carbocycles. The fourth-order valence-electron chi connectivity index (χ4n) is 4.16. The molecule has 2 aliphatic rings. The van der Waals surface area contributed by atoms with Crippen molar-refractivity contribution in [2.24, 2.45) is 5.92 Å². The van der Waals surface area contributed by atoms with Crippen LogP contribution in [0.3, 0.4) is 0 Å². The van der Waals surface area contributed by atoms with E-state index in [0.29, 0.717) is 30.8 Å². The lowest BCUT2D eigenvalue weighted by atomic mass is 9.97. The normalized spacial score (nSPS) is 21.7. The number of halogens is 1. The number of benzene rings is 1. The van der Waals surface area contributed by atoms with Gasteiger partial charge in [-0.05, 0) is 57.7 Å². The van der Waals surface area contributed by atoms with Crippen molar-refractivity contribution in [3.8, 4) is 0 Å². The van der Waals surface area contributed by atoms with Crippen molar-refractivity contribution in [2.75, 3.05) is 26.2 Å². The summed E-state index contributed by atoms with van der Waals surface area (Å²) in [6, 6.07) is 4.04. The topological polar surface area (TPSA) is 78.5 Å². The molecule has 152 valence electrons. The van der Waals surface area contributed by atoms with Gasteiger partial charge in [-0.15, -0.1) is 12.4 Å². The summed E-state index contributed by atoms with van der Waals surface area (Å²) < 4.78 is 27.8. The summed E-state index contributed by atoms with van der Waals surface area (Å²) >= 11 is 0. The van der Waals surface area contributed by atoms with Gasteiger partial charge in [-0.1, -0.05) is 17.7 Å². The monoisotopic (exact) mass is 415 g/mol. The zero-order valence-electron chi connectivity index (χ0n) is 16.2. The summed E-state index contributed by atoms with van der Waals surface area (Å²) in [7, 11) is -3.52. The van der Waals surface area contributed by atoms with Crippen molar-refractivity contribution in [2.45, 2.75) is 51.0 Å². The Morgan fingerprint density at radius 1 is 1.11 bits per heavy atom. The Hall–Kier alpha value is -1.15. The largest absolute Gasteiger partial charge is 0.352 e. The Morgan fingerprint density at radius 3 is 2.22 bits per heavy atom. The fraction of sp³-hybridized carbons (Fsp3) is 0.632. The van der Waals surface area contributed by atoms with E-state index in [0.717, 1.165) is 36.2 Å². The molecule has 0 saturated carbocycles. The first-order chi connectivity index (χ1) is 12.3. The summed E-state index contributed by atoms with van der Waals surface area (Å²) in [6.45, 7) is 8.24. The van der Waals surface area contributed by atoms with Crippen LogP contribution < -0.4 is 10.6 Å². The van der Waals surface area contributed by atoms with Crippen LogP contribution in [0.2, 0.25) is 0 Å². The molecular formula is C19H30ClN3O3S. The van der Waals surface area contributed by atoms with E-state index in [2.05, 4.69) is 10.6 Å². The number of aryl methyl sites for hydroxylation is 3. The summed E-state index contributed by atoms with van der Waals surface area (Å²) in [4.78, 5) is 12.8. The van der Waals surface area contributed by atoms with Gasteiger partial charge in [-0.25, -0.2) is 8.42 Å². The molecule has 6 nitrogen and oxygen atoms in total. The molecule has 2 N–H and O–H groups in total. The molecule has 0 radical (unpaired) electrons. The lowest BCUT2D eigenvalue weighted by molar-refractivity contribution is -0.126. The van der Waals surface area contributed by atoms with Crippen molar-refractivity contribution in [1.29, 1.82) is 0 Å². The van der Waals surface area contributed by atoms with Crippen LogP contribution in [0.15, 0.2) is 17.0 Å². The van der Waals surface area contributed by atoms with Crippen LogP contribution in [0, 0.1) is 26.7 Å². The predicted molar refractivity (Wildman–Crippen MR) is 109 cm³/mol. The minimum absolute atomic E-state index is 0. The summed E-state index contributed by atoms with van der Waals surface area (Å²) in [5.41, 5.74) is 2.64. The first-order valence-electron chi connectivity index (χ1n) is 9.38. The van der Waals surface area contributed by atoms with Crippen molar-refractivity contribution in [3.05, 3.63) is 28.8 Å². The van der Waals surface area contributed by atoms with Crippen LogP contribution in [0.25, 0.3) is 0 Å². The maximum Gasteiger partial charge on any atom is 0.243 e. The third kappa shape index (κ3) is 4.83. The maximum atomic E-state index is 13.1. The molecule has 1 amide bonds. The van der Waals surface area contributed by atoms with Crippen molar-refractivity contribution >= 4 is 28.3 Å². The molecule has 2 heterocycles. The summed E-state index contributed by atoms with van der Waals surface area (Å²) in [6.07, 6.45) is 2.12. The Labute approximate surface area is 168 Å². The van der Waals surface area contributed by atoms with E-state index >= 15 is 0 Å². The van der Waals surface area contributed by atoms with Crippen LogP contribution in [0.4, 0.5) is 0 Å². The van der Waals surface area contributed by atoms with Gasteiger partial charge in [0.1, 0.15) is 0 Å². The third-order valence-corrected chi connectivity index (χ3v) is 7.64. The van der Waals surface area contributed by atoms with Gasteiger partial charge in [0.2, 0.25) is 15.9 Å². The second-order valence-corrected chi connectivity index (χ2v) is 9.48. The van der Waals surface area contributed by atoms with E-state index < -0.39 is 10.0 Å². The lowest BCUT2D eigenvalue weighted by Crippen LogP contribution is -2.46. The second-order valence-electron chi connectivity index (χ2n) is 7.60. The Balaban J connectivity index is 0.00000261. The van der Waals surface area contributed by atoms with E-state index in [9.17, 15) is 13.2 Å². The highest BCUT2D eigenvalue weighted by molar-refractivity contribution is 7.89. The fourth-order valence-corrected chi connectivity index (χ4v) is 6.04. The summed E-state index contributed by atoms with van der Waals surface area (Å²) in [5, 5.41) is 6.33. The molecular weight excluding hydrogens is 386 g/mol. The second kappa shape index (κ2) is 8.90. The van der Waals surface area contributed by atoms with Gasteiger partial charge in [0.05, 0.1) is 4.90 Å². The van der Waals surface area contributed by atoms with Crippen LogP contribution >= 0.6 is 12.4 Å². The number of nitrogens with zero attached hydrogens (tertiary/aromatic N) is 1. The average Bonchev–Trinajstić information content (AvgIpc) is 3.06. The first-order valence-corrected chi connectivity index (χ1v) is 10.8. The van der Waals surface area contributed by atoms with Gasteiger partial charge in [-0.2, -0.15) is 4.31 Å². The van der Waals surface area contributed by atoms with Crippen molar-refractivity contribution < 1.29 is 13.2 Å². The number of carbonyl (C=O) groups excluding carboxylic acids is 1. The highest BCUT2D eigenvalue weighted by Gasteiger charge is 2.34. The van der Waals surface area contributed by atoms with Gasteiger partial charge < -0.3 is 10.6 Å². The number of piperidine rings is 1. The zero-order chi connectivity index (χ0) is 18.9. The van der Waals surface area contributed by atoms with Crippen LogP contribution in [0.1, 0.15) is 36.0 Å². The van der Waals surface area contributed by atoms with Crippen molar-refractivity contribution in [1.82, 2.24) is 14.9 Å². The number of carbonyl (C=O) groups is 1. The standard InChI is InChI=1S/C19H29N3O3S.ClH/c1-13-10-14(2)18(15(3)11-13)26(24,25)22-8-5-16(6-9-22)19(23)21-17-4-7-20-12-17;/h10-11,16-17,20H,4-9,12H2,1-3H3,(H,21,23);1H. The van der Waals surface area contributed by atoms with Gasteiger partial charge in [0.25, 0.3) is 0 Å². The molecule has 1 atom stereocenters. The van der Waals surface area contributed by atoms with E-state index in [-0.39, 0.29) is 30.3 Å². The van der Waals surface area contributed by atoms with E-state index in [1.807, 2.05) is 32.9 Å². The molecule has 0 bridgehead atoms. The number of nitrogens with one attached hydrogen (secondary N) is 2. The summed E-state index contributed by atoms with van der Waals surface area (Å²) in [5.74, 6) is -0.0271. The average molecular weight is 416 g/mol. The lowest BCUT2D eigenvalue weighted by Gasteiger charge is -2.32. The van der Waals surface area contributed by atoms with Crippen LogP contribution in [-0.2, 0) is 14.8 Å². The van der Waals surface area contributed by atoms with Gasteiger partial charge in [0, 0.05) is 31.6 Å². The number of sulfonamides is 1. The highest BCUT2D eigenvalue weighted by atomic mass is 35.5. The third-order valence-electron chi connectivity index (χ3n) is 5.43.